The highest BCUT2D eigenvalue weighted by Crippen LogP contribution is 2.43. The molecule has 13 heteroatoms. The number of nitrogens with zero attached hydrogens (tertiary/aromatic N) is 5. The van der Waals surface area contributed by atoms with E-state index in [2.05, 4.69) is 30.5 Å². The predicted octanol–water partition coefficient (Wildman–Crippen LogP) is 3.11. The van der Waals surface area contributed by atoms with Gasteiger partial charge in [0, 0.05) is 29.0 Å². The highest BCUT2D eigenvalue weighted by atomic mass is 79.9. The Bertz CT molecular complexity index is 1310. The van der Waals surface area contributed by atoms with E-state index in [0.717, 1.165) is 33.8 Å². The molecule has 1 saturated heterocycles. The number of benzene rings is 1. The number of nitrogens with two attached hydrogens (primary N) is 1. The highest BCUT2D eigenvalue weighted by molar-refractivity contribution is 9.10. The summed E-state index contributed by atoms with van der Waals surface area (Å²) in [6.45, 7) is 2.03. The fourth-order valence-electron chi connectivity index (χ4n) is 4.13. The van der Waals surface area contributed by atoms with Crippen LogP contribution in [0.25, 0.3) is 11.2 Å². The summed E-state index contributed by atoms with van der Waals surface area (Å²) < 4.78 is 39.1. The van der Waals surface area contributed by atoms with Gasteiger partial charge < -0.3 is 19.8 Å². The number of hydrogen-bond donors (Lipinski definition) is 1. The van der Waals surface area contributed by atoms with Crippen LogP contribution in [0.5, 0.6) is 11.5 Å². The number of sulfonamides is 1. The van der Waals surface area contributed by atoms with E-state index in [1.165, 1.54) is 24.3 Å². The Kier molecular flexibility index (Phi) is 6.14. The van der Waals surface area contributed by atoms with Crippen molar-refractivity contribution in [3.05, 3.63) is 22.9 Å². The van der Waals surface area contributed by atoms with Crippen molar-refractivity contribution in [2.24, 2.45) is 5.92 Å². The normalized spacial score (nSPS) is 17.2. The number of fused-ring (bicyclic) bond motifs is 2. The molecule has 3 aromatic rings. The Balaban J connectivity index is 1.39. The third-order valence-corrected chi connectivity index (χ3v) is 9.23. The minimum Gasteiger partial charge on any atom is -0.454 e. The molecule has 2 aliphatic heterocycles. The van der Waals surface area contributed by atoms with Gasteiger partial charge in [-0.25, -0.2) is 27.7 Å². The Morgan fingerprint density at radius 3 is 2.67 bits per heavy atom. The summed E-state index contributed by atoms with van der Waals surface area (Å²) in [4.78, 5) is 14.2. The zero-order valence-corrected chi connectivity index (χ0v) is 21.1. The van der Waals surface area contributed by atoms with Crippen LogP contribution in [0.4, 0.5) is 5.82 Å². The topological polar surface area (TPSA) is 125 Å². The van der Waals surface area contributed by atoms with Crippen molar-refractivity contribution < 1.29 is 17.9 Å². The molecule has 2 aliphatic rings. The molecule has 0 amide bonds. The van der Waals surface area contributed by atoms with Gasteiger partial charge in [-0.15, -0.1) is 0 Å². The molecule has 5 rings (SSSR count). The number of imidazole rings is 1. The smallest absolute Gasteiger partial charge is 0.231 e. The van der Waals surface area contributed by atoms with Crippen molar-refractivity contribution in [1.29, 1.82) is 0 Å². The summed E-state index contributed by atoms with van der Waals surface area (Å²) in [7, 11) is -3.13. The van der Waals surface area contributed by atoms with Crippen molar-refractivity contribution in [2.75, 3.05) is 31.9 Å². The molecule has 0 atom stereocenters. The first-order valence-corrected chi connectivity index (χ1v) is 13.9. The standard InChI is InChI=1S/C20H23BrN6O4S2/c1-33(28,29)26-5-2-12(3-6-26)4-7-27-19-17(18(22)23-10-24-19)25-20(27)32-16-9-15-14(8-13(16)21)30-11-31-15/h8-10,12H,2-7,11H2,1H3,(H2,22,23,24). The molecule has 0 unspecified atom stereocenters. The second-order valence-electron chi connectivity index (χ2n) is 8.11. The second-order valence-corrected chi connectivity index (χ2v) is 12.0. The van der Waals surface area contributed by atoms with Gasteiger partial charge >= 0.3 is 0 Å². The van der Waals surface area contributed by atoms with E-state index in [1.807, 2.05) is 12.1 Å². The summed E-state index contributed by atoms with van der Waals surface area (Å²) in [5, 5.41) is 0.755. The number of aromatic nitrogens is 4. The van der Waals surface area contributed by atoms with Crippen molar-refractivity contribution in [3.8, 4) is 11.5 Å². The van der Waals surface area contributed by atoms with E-state index in [1.54, 1.807) is 4.31 Å². The van der Waals surface area contributed by atoms with E-state index < -0.39 is 10.0 Å². The van der Waals surface area contributed by atoms with Gasteiger partial charge in [0.05, 0.1) is 6.26 Å². The van der Waals surface area contributed by atoms with Gasteiger partial charge in [-0.2, -0.15) is 0 Å². The van der Waals surface area contributed by atoms with Crippen LogP contribution < -0.4 is 15.2 Å². The maximum Gasteiger partial charge on any atom is 0.231 e. The number of halogens is 1. The first kappa shape index (κ1) is 22.7. The van der Waals surface area contributed by atoms with Crippen molar-refractivity contribution >= 4 is 54.7 Å². The second kappa shape index (κ2) is 8.93. The van der Waals surface area contributed by atoms with Crippen LogP contribution in [0.15, 0.2) is 33.0 Å². The zero-order chi connectivity index (χ0) is 23.2. The van der Waals surface area contributed by atoms with Crippen LogP contribution in [-0.2, 0) is 16.6 Å². The van der Waals surface area contributed by atoms with E-state index >= 15 is 0 Å². The Labute approximate surface area is 204 Å². The van der Waals surface area contributed by atoms with Crippen molar-refractivity contribution in [1.82, 2.24) is 23.8 Å². The number of ether oxygens (including phenoxy) is 2. The average molecular weight is 555 g/mol. The maximum absolute atomic E-state index is 11.8. The Hall–Kier alpha value is -2.09. The number of rotatable bonds is 6. The van der Waals surface area contributed by atoms with E-state index in [-0.39, 0.29) is 6.79 Å². The summed E-state index contributed by atoms with van der Waals surface area (Å²) in [6, 6.07) is 3.82. The lowest BCUT2D eigenvalue weighted by atomic mass is 9.95. The summed E-state index contributed by atoms with van der Waals surface area (Å²) >= 11 is 5.10. The fourth-order valence-corrected chi connectivity index (χ4v) is 6.51. The number of aryl methyl sites for hydroxylation is 1. The Morgan fingerprint density at radius 1 is 1.21 bits per heavy atom. The van der Waals surface area contributed by atoms with Gasteiger partial charge in [0.15, 0.2) is 33.6 Å². The van der Waals surface area contributed by atoms with E-state index in [9.17, 15) is 8.42 Å². The van der Waals surface area contributed by atoms with Crippen LogP contribution in [0.2, 0.25) is 0 Å². The molecule has 10 nitrogen and oxygen atoms in total. The Morgan fingerprint density at radius 2 is 1.94 bits per heavy atom. The molecule has 0 spiro atoms. The molecule has 1 aromatic carbocycles. The molecule has 176 valence electrons. The molecule has 0 saturated carbocycles. The lowest BCUT2D eigenvalue weighted by Gasteiger charge is -2.30. The average Bonchev–Trinajstić information content (AvgIpc) is 3.37. The summed E-state index contributed by atoms with van der Waals surface area (Å²) in [5.74, 6) is 2.16. The largest absolute Gasteiger partial charge is 0.454 e. The molecule has 2 N–H and O–H groups in total. The maximum atomic E-state index is 11.8. The lowest BCUT2D eigenvalue weighted by Crippen LogP contribution is -2.37. The molecule has 0 radical (unpaired) electrons. The van der Waals surface area contributed by atoms with E-state index in [0.29, 0.717) is 54.0 Å². The summed E-state index contributed by atoms with van der Waals surface area (Å²) in [5.41, 5.74) is 7.35. The minimum absolute atomic E-state index is 0.207. The lowest BCUT2D eigenvalue weighted by molar-refractivity contribution is 0.174. The molecule has 0 aliphatic carbocycles. The summed E-state index contributed by atoms with van der Waals surface area (Å²) in [6.07, 6.45) is 5.29. The van der Waals surface area contributed by atoms with Crippen molar-refractivity contribution in [3.63, 3.8) is 0 Å². The predicted molar refractivity (Wildman–Crippen MR) is 128 cm³/mol. The zero-order valence-electron chi connectivity index (χ0n) is 17.9. The third kappa shape index (κ3) is 4.63. The number of anilines is 1. The first-order valence-electron chi connectivity index (χ1n) is 10.5. The van der Waals surface area contributed by atoms with Gasteiger partial charge in [0.25, 0.3) is 0 Å². The third-order valence-electron chi connectivity index (χ3n) is 5.96. The molecule has 33 heavy (non-hydrogen) atoms. The van der Waals surface area contributed by atoms with Gasteiger partial charge in [0.1, 0.15) is 6.33 Å². The molecule has 4 heterocycles. The monoisotopic (exact) mass is 554 g/mol. The van der Waals surface area contributed by atoms with Gasteiger partial charge in [-0.3, -0.25) is 0 Å². The fraction of sp³-hybridized carbons (Fsp3) is 0.450. The molecule has 0 bridgehead atoms. The van der Waals surface area contributed by atoms with Crippen LogP contribution in [0.1, 0.15) is 19.3 Å². The minimum atomic E-state index is -3.13. The quantitative estimate of drug-likeness (QED) is 0.488. The van der Waals surface area contributed by atoms with Gasteiger partial charge in [-0.05, 0) is 53.2 Å². The molecule has 1 fully saturated rings. The van der Waals surface area contributed by atoms with E-state index in [4.69, 9.17) is 20.2 Å². The highest BCUT2D eigenvalue weighted by Gasteiger charge is 2.26. The SMILES string of the molecule is CS(=O)(=O)N1CCC(CCn2c(Sc3cc4c(cc3Br)OCO4)nc3c(N)ncnc32)CC1. The van der Waals surface area contributed by atoms with Crippen LogP contribution in [0.3, 0.4) is 0 Å². The van der Waals surface area contributed by atoms with Crippen molar-refractivity contribution in [2.45, 2.75) is 35.9 Å². The molecular formula is C20H23BrN6O4S2. The first-order chi connectivity index (χ1) is 15.8. The van der Waals surface area contributed by atoms with Crippen LogP contribution in [-0.4, -0.2) is 58.4 Å². The van der Waals surface area contributed by atoms with Crippen LogP contribution in [0, 0.1) is 5.92 Å². The molecular weight excluding hydrogens is 532 g/mol. The number of nitrogen functional groups attached to an aromatic ring is 1. The number of piperidine rings is 1. The molecule has 2 aromatic heterocycles. The number of hydrogen-bond acceptors (Lipinski definition) is 9. The van der Waals surface area contributed by atoms with Crippen LogP contribution >= 0.6 is 27.7 Å². The van der Waals surface area contributed by atoms with Gasteiger partial charge in [-0.1, -0.05) is 11.8 Å². The van der Waals surface area contributed by atoms with Gasteiger partial charge in [0.2, 0.25) is 16.8 Å².